The number of nitrogens with two attached hydrogens (primary N) is 1. The van der Waals surface area contributed by atoms with Gasteiger partial charge in [0.05, 0.1) is 25.7 Å². The summed E-state index contributed by atoms with van der Waals surface area (Å²) in [4.78, 5) is 1.73. The molecule has 2 aromatic carbocycles. The molecule has 1 heterocycles. The van der Waals surface area contributed by atoms with E-state index in [9.17, 15) is 0 Å². The summed E-state index contributed by atoms with van der Waals surface area (Å²) in [6.45, 7) is 4.96. The molecule has 0 aromatic heterocycles. The van der Waals surface area contributed by atoms with Gasteiger partial charge in [-0.1, -0.05) is 54.1 Å². The molecule has 1 aliphatic heterocycles. The van der Waals surface area contributed by atoms with E-state index >= 15 is 0 Å². The second-order valence-corrected chi connectivity index (χ2v) is 7.09. The van der Waals surface area contributed by atoms with E-state index in [1.165, 1.54) is 50.1 Å². The molecule has 1 fully saturated rings. The normalized spacial score (nSPS) is 21.3. The fraction of sp³-hybridized carbons (Fsp3) is 0.400. The van der Waals surface area contributed by atoms with Gasteiger partial charge in [0.15, 0.2) is 0 Å². The Labute approximate surface area is 144 Å². The fourth-order valence-electron chi connectivity index (χ4n) is 3.48. The van der Waals surface area contributed by atoms with Crippen molar-refractivity contribution in [2.45, 2.75) is 31.8 Å². The topological polar surface area (TPSA) is 21.1 Å². The molecule has 0 amide bonds. The van der Waals surface area contributed by atoms with E-state index in [1.54, 1.807) is 4.90 Å². The molecule has 0 atom stereocenters. The van der Waals surface area contributed by atoms with Crippen molar-refractivity contribution in [1.29, 1.82) is 0 Å². The van der Waals surface area contributed by atoms with Crippen LogP contribution < -0.4 is 10.2 Å². The van der Waals surface area contributed by atoms with Gasteiger partial charge >= 0.3 is 0 Å². The summed E-state index contributed by atoms with van der Waals surface area (Å²) in [6, 6.07) is 19.9. The lowest BCUT2D eigenvalue weighted by Gasteiger charge is -2.28. The predicted octanol–water partition coefficient (Wildman–Crippen LogP) is 1.69. The molecule has 0 spiro atoms. The summed E-state index contributed by atoms with van der Waals surface area (Å²) in [5.41, 5.74) is 2.85. The summed E-state index contributed by atoms with van der Waals surface area (Å²) in [5.74, 6) is 0. The minimum Gasteiger partial charge on any atom is -0.343 e. The van der Waals surface area contributed by atoms with Gasteiger partial charge < -0.3 is 10.2 Å². The minimum absolute atomic E-state index is 0.807. The zero-order valence-corrected chi connectivity index (χ0v) is 14.4. The third-order valence-electron chi connectivity index (χ3n) is 4.88. The fourth-order valence-corrected chi connectivity index (χ4v) is 3.61. The molecule has 1 saturated heterocycles. The van der Waals surface area contributed by atoms with Gasteiger partial charge in [0.25, 0.3) is 0 Å². The Bertz CT molecular complexity index is 574. The average Bonchev–Trinajstić information content (AvgIpc) is 2.59. The van der Waals surface area contributed by atoms with E-state index in [-0.39, 0.29) is 0 Å². The lowest BCUT2D eigenvalue weighted by atomic mass is 10.0. The summed E-state index contributed by atoms with van der Waals surface area (Å²) in [5, 5.41) is 3.37. The summed E-state index contributed by atoms with van der Waals surface area (Å²) in [6.07, 6.45) is 3.81. The van der Waals surface area contributed by atoms with Crippen LogP contribution in [0.25, 0.3) is 0 Å². The SMILES string of the molecule is Clc1ccc(CC[NH2+]C2CC[NH+](Cc3ccccc3)CC2)cc1. The van der Waals surface area contributed by atoms with Crippen molar-refractivity contribution >= 4 is 11.6 Å². The maximum absolute atomic E-state index is 5.93. The van der Waals surface area contributed by atoms with Gasteiger partial charge in [-0.3, -0.25) is 0 Å². The number of hydrogen-bond acceptors (Lipinski definition) is 0. The smallest absolute Gasteiger partial charge is 0.103 e. The molecule has 3 heteroatoms. The quantitative estimate of drug-likeness (QED) is 0.804. The molecule has 1 aliphatic rings. The summed E-state index contributed by atoms with van der Waals surface area (Å²) in [7, 11) is 0. The minimum atomic E-state index is 0.807. The number of halogens is 1. The first-order valence-electron chi connectivity index (χ1n) is 8.75. The van der Waals surface area contributed by atoms with Crippen LogP contribution in [0, 0.1) is 0 Å². The Morgan fingerprint density at radius 3 is 2.30 bits per heavy atom. The first kappa shape index (κ1) is 16.5. The van der Waals surface area contributed by atoms with Gasteiger partial charge in [-0.2, -0.15) is 0 Å². The van der Waals surface area contributed by atoms with E-state index in [4.69, 9.17) is 11.6 Å². The van der Waals surface area contributed by atoms with Gasteiger partial charge in [-0.05, 0) is 17.7 Å². The van der Waals surface area contributed by atoms with Crippen LogP contribution >= 0.6 is 11.6 Å². The highest BCUT2D eigenvalue weighted by Gasteiger charge is 2.24. The number of hydrogen-bond donors (Lipinski definition) is 2. The highest BCUT2D eigenvalue weighted by Crippen LogP contribution is 2.09. The Kier molecular flexibility index (Phi) is 6.09. The molecule has 0 radical (unpaired) electrons. The monoisotopic (exact) mass is 330 g/mol. The highest BCUT2D eigenvalue weighted by atomic mass is 35.5. The lowest BCUT2D eigenvalue weighted by Crippen LogP contribution is -3.13. The van der Waals surface area contributed by atoms with Crippen LogP contribution in [0.5, 0.6) is 0 Å². The van der Waals surface area contributed by atoms with Crippen LogP contribution in [0.15, 0.2) is 54.6 Å². The summed E-state index contributed by atoms with van der Waals surface area (Å²) >= 11 is 5.93. The van der Waals surface area contributed by atoms with Crippen LogP contribution in [0.2, 0.25) is 5.02 Å². The van der Waals surface area contributed by atoms with Crippen molar-refractivity contribution in [1.82, 2.24) is 0 Å². The maximum Gasteiger partial charge on any atom is 0.103 e. The molecule has 3 N–H and O–H groups in total. The van der Waals surface area contributed by atoms with Crippen LogP contribution in [0.1, 0.15) is 24.0 Å². The van der Waals surface area contributed by atoms with Crippen LogP contribution in [-0.4, -0.2) is 25.7 Å². The van der Waals surface area contributed by atoms with Gasteiger partial charge in [0, 0.05) is 29.8 Å². The molecule has 122 valence electrons. The molecule has 2 aromatic rings. The third-order valence-corrected chi connectivity index (χ3v) is 5.13. The van der Waals surface area contributed by atoms with E-state index in [0.29, 0.717) is 0 Å². The Hall–Kier alpha value is -1.35. The number of piperidine rings is 1. The van der Waals surface area contributed by atoms with Crippen LogP contribution in [-0.2, 0) is 13.0 Å². The molecule has 0 bridgehead atoms. The van der Waals surface area contributed by atoms with Crippen LogP contribution in [0.3, 0.4) is 0 Å². The second kappa shape index (κ2) is 8.49. The second-order valence-electron chi connectivity index (χ2n) is 6.65. The van der Waals surface area contributed by atoms with Crippen molar-refractivity contribution in [3.63, 3.8) is 0 Å². The van der Waals surface area contributed by atoms with E-state index in [2.05, 4.69) is 47.8 Å². The average molecular weight is 331 g/mol. The number of likely N-dealkylation sites (tertiary alicyclic amines) is 1. The van der Waals surface area contributed by atoms with E-state index in [0.717, 1.165) is 17.5 Å². The first-order valence-corrected chi connectivity index (χ1v) is 9.12. The van der Waals surface area contributed by atoms with E-state index in [1.807, 2.05) is 12.1 Å². The van der Waals surface area contributed by atoms with Crippen molar-refractivity contribution < 1.29 is 10.2 Å². The molecule has 3 rings (SSSR count). The molecule has 0 saturated carbocycles. The Balaban J connectivity index is 1.35. The third kappa shape index (κ3) is 5.35. The predicted molar refractivity (Wildman–Crippen MR) is 95.8 cm³/mol. The lowest BCUT2D eigenvalue weighted by molar-refractivity contribution is -0.926. The molecule has 0 unspecified atom stereocenters. The van der Waals surface area contributed by atoms with Crippen molar-refractivity contribution in [3.05, 3.63) is 70.7 Å². The summed E-state index contributed by atoms with van der Waals surface area (Å²) < 4.78 is 0. The Morgan fingerprint density at radius 1 is 0.913 bits per heavy atom. The molecular formula is C20H27ClN2+2. The van der Waals surface area contributed by atoms with Gasteiger partial charge in [0.2, 0.25) is 0 Å². The number of benzene rings is 2. The first-order chi connectivity index (χ1) is 11.3. The molecular weight excluding hydrogens is 304 g/mol. The standard InChI is InChI=1S/C20H25ClN2/c21-19-8-6-17(7-9-19)10-13-22-20-11-14-23(15-12-20)16-18-4-2-1-3-5-18/h1-9,20,22H,10-16H2/p+2. The molecule has 0 aliphatic carbocycles. The van der Waals surface area contributed by atoms with E-state index < -0.39 is 0 Å². The van der Waals surface area contributed by atoms with Crippen molar-refractivity contribution in [2.24, 2.45) is 0 Å². The number of nitrogens with one attached hydrogen (secondary N) is 1. The zero-order valence-electron chi connectivity index (χ0n) is 13.7. The van der Waals surface area contributed by atoms with Crippen molar-refractivity contribution in [3.8, 4) is 0 Å². The van der Waals surface area contributed by atoms with Gasteiger partial charge in [-0.25, -0.2) is 0 Å². The van der Waals surface area contributed by atoms with Crippen molar-refractivity contribution in [2.75, 3.05) is 19.6 Å². The van der Waals surface area contributed by atoms with Gasteiger partial charge in [0.1, 0.15) is 6.54 Å². The molecule has 23 heavy (non-hydrogen) atoms. The number of quaternary nitrogens is 2. The largest absolute Gasteiger partial charge is 0.343 e. The highest BCUT2D eigenvalue weighted by molar-refractivity contribution is 6.30. The molecule has 2 nitrogen and oxygen atoms in total. The van der Waals surface area contributed by atoms with Gasteiger partial charge in [-0.15, -0.1) is 0 Å². The van der Waals surface area contributed by atoms with Crippen LogP contribution in [0.4, 0.5) is 0 Å². The maximum atomic E-state index is 5.93. The Morgan fingerprint density at radius 2 is 1.61 bits per heavy atom. The number of rotatable bonds is 6. The zero-order chi connectivity index (χ0) is 15.9.